The van der Waals surface area contributed by atoms with Gasteiger partial charge < -0.3 is 0 Å². The van der Waals surface area contributed by atoms with Gasteiger partial charge in [-0.2, -0.15) is 0 Å². The van der Waals surface area contributed by atoms with Gasteiger partial charge >= 0.3 is 0 Å². The molecule has 0 saturated heterocycles. The Kier molecular flexibility index (Phi) is 5.88. The molecule has 0 saturated carbocycles. The molecule has 34 heavy (non-hydrogen) atoms. The van der Waals surface area contributed by atoms with Gasteiger partial charge in [0.25, 0.3) is 5.56 Å². The molecule has 5 aromatic rings. The number of rotatable bonds is 4. The van der Waals surface area contributed by atoms with Crippen LogP contribution in [0.2, 0.25) is 5.02 Å². The van der Waals surface area contributed by atoms with Crippen LogP contribution in [-0.4, -0.2) is 19.5 Å². The highest BCUT2D eigenvalue weighted by atomic mass is 35.5. The summed E-state index contributed by atoms with van der Waals surface area (Å²) in [7, 11) is 0. The average Bonchev–Trinajstić information content (AvgIpc) is 2.82. The van der Waals surface area contributed by atoms with Gasteiger partial charge in [0.15, 0.2) is 0 Å². The van der Waals surface area contributed by atoms with Crippen LogP contribution >= 0.6 is 23.4 Å². The highest BCUT2D eigenvalue weighted by Crippen LogP contribution is 2.32. The molecular formula is C27H23ClN4OS. The van der Waals surface area contributed by atoms with Crippen molar-refractivity contribution in [3.63, 3.8) is 0 Å². The fourth-order valence-electron chi connectivity index (χ4n) is 3.77. The van der Waals surface area contributed by atoms with Crippen LogP contribution in [0.3, 0.4) is 0 Å². The number of hydrogen-bond donors (Lipinski definition) is 0. The van der Waals surface area contributed by atoms with Crippen molar-refractivity contribution in [2.45, 2.75) is 37.0 Å². The van der Waals surface area contributed by atoms with Crippen molar-refractivity contribution in [3.8, 4) is 5.69 Å². The van der Waals surface area contributed by atoms with E-state index in [4.69, 9.17) is 26.6 Å². The van der Waals surface area contributed by atoms with E-state index in [2.05, 4.69) is 20.8 Å². The zero-order valence-electron chi connectivity index (χ0n) is 19.1. The number of fused-ring (bicyclic) bond motifs is 2. The van der Waals surface area contributed by atoms with Crippen LogP contribution in [0.5, 0.6) is 0 Å². The molecule has 0 aliphatic rings. The predicted octanol–water partition coefficient (Wildman–Crippen LogP) is 6.57. The Morgan fingerprint density at radius 1 is 0.853 bits per heavy atom. The number of benzene rings is 3. The summed E-state index contributed by atoms with van der Waals surface area (Å²) in [5.41, 5.74) is 2.02. The molecule has 170 valence electrons. The Morgan fingerprint density at radius 2 is 1.56 bits per heavy atom. The summed E-state index contributed by atoms with van der Waals surface area (Å²) in [6.45, 7) is 6.28. The summed E-state index contributed by atoms with van der Waals surface area (Å²) in [5.74, 6) is 1.87. The van der Waals surface area contributed by atoms with Gasteiger partial charge in [-0.1, -0.05) is 74.5 Å². The fraction of sp³-hybridized carbons (Fsp3) is 0.185. The third-order valence-electron chi connectivity index (χ3n) is 5.49. The van der Waals surface area contributed by atoms with E-state index in [9.17, 15) is 4.79 Å². The summed E-state index contributed by atoms with van der Waals surface area (Å²) in [5, 5.41) is 2.93. The second kappa shape index (κ2) is 8.85. The van der Waals surface area contributed by atoms with Crippen LogP contribution in [0.15, 0.2) is 82.6 Å². The van der Waals surface area contributed by atoms with E-state index < -0.39 is 0 Å². The van der Waals surface area contributed by atoms with Crippen molar-refractivity contribution in [3.05, 3.63) is 99.8 Å². The zero-order valence-corrected chi connectivity index (χ0v) is 20.7. The largest absolute Gasteiger partial charge is 0.268 e. The van der Waals surface area contributed by atoms with Crippen molar-refractivity contribution < 1.29 is 0 Å². The third kappa shape index (κ3) is 4.31. The number of hydrogen-bond acceptors (Lipinski definition) is 5. The Hall–Kier alpha value is -3.22. The van der Waals surface area contributed by atoms with E-state index in [1.54, 1.807) is 4.57 Å². The minimum absolute atomic E-state index is 0.0848. The molecule has 0 fully saturated rings. The first-order valence-electron chi connectivity index (χ1n) is 11.0. The van der Waals surface area contributed by atoms with Gasteiger partial charge in [0, 0.05) is 15.8 Å². The summed E-state index contributed by atoms with van der Waals surface area (Å²) < 4.78 is 1.69. The molecule has 5 nitrogen and oxygen atoms in total. The zero-order chi connectivity index (χ0) is 23.9. The molecule has 7 heteroatoms. The number of halogens is 1. The number of thioether (sulfide) groups is 1. The summed E-state index contributed by atoms with van der Waals surface area (Å²) in [6, 6.07) is 22.7. The van der Waals surface area contributed by atoms with Gasteiger partial charge in [0.2, 0.25) is 0 Å². The first kappa shape index (κ1) is 22.6. The van der Waals surface area contributed by atoms with Crippen LogP contribution < -0.4 is 5.56 Å². The van der Waals surface area contributed by atoms with Crippen LogP contribution in [-0.2, 0) is 11.2 Å². The average molecular weight is 487 g/mol. The molecule has 0 spiro atoms. The molecule has 2 heterocycles. The molecule has 3 aromatic carbocycles. The fourth-order valence-corrected chi connectivity index (χ4v) is 4.87. The molecule has 0 bridgehead atoms. The lowest BCUT2D eigenvalue weighted by atomic mass is 9.95. The SMILES string of the molecule is CC(C)(C)c1nc(SCc2nc3ccccc3c(=O)n2-c2ccccc2)c2cc(Cl)ccc2n1. The molecule has 0 atom stereocenters. The second-order valence-electron chi connectivity index (χ2n) is 9.07. The summed E-state index contributed by atoms with van der Waals surface area (Å²) in [6.07, 6.45) is 0. The Labute approximate surface area is 206 Å². The lowest BCUT2D eigenvalue weighted by Gasteiger charge is -2.19. The normalized spacial score (nSPS) is 11.9. The van der Waals surface area contributed by atoms with Gasteiger partial charge in [-0.05, 0) is 42.5 Å². The van der Waals surface area contributed by atoms with E-state index in [1.165, 1.54) is 11.8 Å². The Balaban J connectivity index is 1.65. The molecule has 0 aliphatic heterocycles. The predicted molar refractivity (Wildman–Crippen MR) is 140 cm³/mol. The van der Waals surface area contributed by atoms with E-state index in [1.807, 2.05) is 72.8 Å². The van der Waals surface area contributed by atoms with Crippen molar-refractivity contribution in [1.29, 1.82) is 0 Å². The summed E-state index contributed by atoms with van der Waals surface area (Å²) in [4.78, 5) is 28.0. The van der Waals surface area contributed by atoms with Gasteiger partial charge in [-0.25, -0.2) is 15.0 Å². The highest BCUT2D eigenvalue weighted by molar-refractivity contribution is 7.98. The number of aromatic nitrogens is 4. The molecule has 2 aromatic heterocycles. The quantitative estimate of drug-likeness (QED) is 0.212. The van der Waals surface area contributed by atoms with Crippen LogP contribution in [0, 0.1) is 0 Å². The van der Waals surface area contributed by atoms with Crippen LogP contribution in [0.1, 0.15) is 32.4 Å². The van der Waals surface area contributed by atoms with E-state index in [0.29, 0.717) is 27.5 Å². The minimum Gasteiger partial charge on any atom is -0.268 e. The van der Waals surface area contributed by atoms with Crippen molar-refractivity contribution in [2.24, 2.45) is 0 Å². The molecule has 0 unspecified atom stereocenters. The smallest absolute Gasteiger partial charge is 0.265 e. The maximum absolute atomic E-state index is 13.5. The molecule has 0 aliphatic carbocycles. The third-order valence-corrected chi connectivity index (χ3v) is 6.71. The standard InChI is InChI=1S/C27H23ClN4OS/c1-27(2,3)26-30-22-14-13-17(28)15-20(22)24(31-26)34-16-23-29-21-12-8-7-11-19(21)25(33)32(23)18-9-5-4-6-10-18/h4-15H,16H2,1-3H3. The van der Waals surface area contributed by atoms with Gasteiger partial charge in [0.05, 0.1) is 27.9 Å². The van der Waals surface area contributed by atoms with Crippen LogP contribution in [0.25, 0.3) is 27.5 Å². The lowest BCUT2D eigenvalue weighted by molar-refractivity contribution is 0.542. The van der Waals surface area contributed by atoms with Gasteiger partial charge in [0.1, 0.15) is 16.7 Å². The van der Waals surface area contributed by atoms with Crippen molar-refractivity contribution >= 4 is 45.2 Å². The number of para-hydroxylation sites is 2. The first-order valence-corrected chi connectivity index (χ1v) is 12.3. The molecule has 5 rings (SSSR count). The lowest BCUT2D eigenvalue weighted by Crippen LogP contribution is -2.23. The molecular weight excluding hydrogens is 464 g/mol. The Bertz CT molecular complexity index is 1580. The number of nitrogens with zero attached hydrogens (tertiary/aromatic N) is 4. The molecule has 0 amide bonds. The van der Waals surface area contributed by atoms with E-state index >= 15 is 0 Å². The highest BCUT2D eigenvalue weighted by Gasteiger charge is 2.21. The van der Waals surface area contributed by atoms with Gasteiger partial charge in [-0.3, -0.25) is 9.36 Å². The van der Waals surface area contributed by atoms with Crippen molar-refractivity contribution in [2.75, 3.05) is 0 Å². The first-order chi connectivity index (χ1) is 16.3. The van der Waals surface area contributed by atoms with E-state index in [-0.39, 0.29) is 11.0 Å². The topological polar surface area (TPSA) is 60.7 Å². The van der Waals surface area contributed by atoms with E-state index in [0.717, 1.165) is 27.4 Å². The van der Waals surface area contributed by atoms with Gasteiger partial charge in [-0.15, -0.1) is 0 Å². The molecule has 0 N–H and O–H groups in total. The second-order valence-corrected chi connectivity index (χ2v) is 10.5. The minimum atomic E-state index is -0.212. The maximum atomic E-state index is 13.5. The Morgan fingerprint density at radius 3 is 2.32 bits per heavy atom. The molecule has 0 radical (unpaired) electrons. The maximum Gasteiger partial charge on any atom is 0.265 e. The van der Waals surface area contributed by atoms with Crippen LogP contribution in [0.4, 0.5) is 0 Å². The summed E-state index contributed by atoms with van der Waals surface area (Å²) >= 11 is 7.84. The monoisotopic (exact) mass is 486 g/mol. The van der Waals surface area contributed by atoms with Crippen molar-refractivity contribution in [1.82, 2.24) is 19.5 Å².